The summed E-state index contributed by atoms with van der Waals surface area (Å²) in [5.41, 5.74) is 1.57. The van der Waals surface area contributed by atoms with Gasteiger partial charge in [0.1, 0.15) is 30.0 Å². The van der Waals surface area contributed by atoms with E-state index in [2.05, 4.69) is 18.7 Å². The minimum absolute atomic E-state index is 0.0733. The number of hydrogen-bond acceptors (Lipinski definition) is 5. The highest BCUT2D eigenvalue weighted by atomic mass is 16.5. The van der Waals surface area contributed by atoms with E-state index in [0.717, 1.165) is 30.3 Å². The van der Waals surface area contributed by atoms with Crippen molar-refractivity contribution in [3.8, 4) is 17.2 Å². The molecule has 0 saturated carbocycles. The van der Waals surface area contributed by atoms with Crippen molar-refractivity contribution in [1.82, 2.24) is 4.90 Å². The number of rotatable bonds is 6. The monoisotopic (exact) mass is 395 g/mol. The fraction of sp³-hybridized carbons (Fsp3) is 0.458. The molecule has 0 amide bonds. The van der Waals surface area contributed by atoms with Crippen LogP contribution >= 0.6 is 0 Å². The van der Waals surface area contributed by atoms with Crippen LogP contribution in [0.4, 0.5) is 0 Å². The average molecular weight is 395 g/mol. The molecule has 2 heterocycles. The predicted molar refractivity (Wildman–Crippen MR) is 112 cm³/mol. The number of fused-ring (bicyclic) bond motifs is 1. The van der Waals surface area contributed by atoms with Gasteiger partial charge in [0.05, 0.1) is 19.1 Å². The Hall–Kier alpha value is -2.53. The minimum atomic E-state index is -0.276. The number of Topliss-reactive ketones (excluding diaryl/α,β-unsaturated/α-hetero) is 1. The lowest BCUT2D eigenvalue weighted by Gasteiger charge is -2.26. The molecule has 4 rings (SSSR count). The highest BCUT2D eigenvalue weighted by Gasteiger charge is 2.28. The van der Waals surface area contributed by atoms with Gasteiger partial charge in [0.25, 0.3) is 0 Å². The molecule has 1 unspecified atom stereocenters. The summed E-state index contributed by atoms with van der Waals surface area (Å²) in [5, 5.41) is 0. The van der Waals surface area contributed by atoms with Crippen molar-refractivity contribution in [2.75, 3.05) is 26.8 Å². The van der Waals surface area contributed by atoms with Crippen molar-refractivity contribution in [3.05, 3.63) is 53.6 Å². The number of nitrogens with zero attached hydrogens (tertiary/aromatic N) is 1. The Labute approximate surface area is 172 Å². The maximum atomic E-state index is 12.6. The smallest absolute Gasteiger partial charge is 0.170 e. The van der Waals surface area contributed by atoms with Gasteiger partial charge in [-0.1, -0.05) is 19.1 Å². The minimum Gasteiger partial charge on any atom is -0.497 e. The molecule has 0 aliphatic carbocycles. The van der Waals surface area contributed by atoms with Crippen molar-refractivity contribution >= 4 is 5.78 Å². The highest BCUT2D eigenvalue weighted by molar-refractivity contribution is 6.00. The summed E-state index contributed by atoms with van der Waals surface area (Å²) in [4.78, 5) is 15.1. The lowest BCUT2D eigenvalue weighted by Crippen LogP contribution is -2.35. The van der Waals surface area contributed by atoms with Crippen molar-refractivity contribution in [2.24, 2.45) is 5.92 Å². The number of likely N-dealkylation sites (tertiary alicyclic amines) is 1. The average Bonchev–Trinajstić information content (AvgIpc) is 3.18. The van der Waals surface area contributed by atoms with E-state index in [4.69, 9.17) is 14.2 Å². The zero-order valence-corrected chi connectivity index (χ0v) is 17.4. The van der Waals surface area contributed by atoms with Crippen LogP contribution in [0.1, 0.15) is 48.7 Å². The van der Waals surface area contributed by atoms with Gasteiger partial charge >= 0.3 is 0 Å². The third-order valence-electron chi connectivity index (χ3n) is 5.95. The molecule has 0 radical (unpaired) electrons. The normalized spacial score (nSPS) is 22.7. The van der Waals surface area contributed by atoms with E-state index in [1.165, 1.54) is 6.42 Å². The number of methoxy groups -OCH3 is 1. The molecule has 0 N–H and O–H groups in total. The summed E-state index contributed by atoms with van der Waals surface area (Å²) < 4.78 is 17.3. The van der Waals surface area contributed by atoms with E-state index in [9.17, 15) is 4.79 Å². The molecule has 1 fully saturated rings. The van der Waals surface area contributed by atoms with Crippen LogP contribution in [0.3, 0.4) is 0 Å². The van der Waals surface area contributed by atoms with Crippen LogP contribution in [0.2, 0.25) is 0 Å². The first-order valence-electron chi connectivity index (χ1n) is 10.4. The Balaban J connectivity index is 1.37. The van der Waals surface area contributed by atoms with Crippen molar-refractivity contribution < 1.29 is 19.0 Å². The molecule has 0 spiro atoms. The van der Waals surface area contributed by atoms with Crippen LogP contribution in [0, 0.1) is 5.92 Å². The van der Waals surface area contributed by atoms with Crippen LogP contribution in [0.5, 0.6) is 17.2 Å². The van der Waals surface area contributed by atoms with Crippen LogP contribution < -0.4 is 14.2 Å². The first-order chi connectivity index (χ1) is 14.0. The molecule has 2 aromatic carbocycles. The Kier molecular flexibility index (Phi) is 5.76. The molecular formula is C24H29NO4. The lowest BCUT2D eigenvalue weighted by atomic mass is 9.96. The predicted octanol–water partition coefficient (Wildman–Crippen LogP) is 4.51. The second-order valence-corrected chi connectivity index (χ2v) is 8.21. The maximum absolute atomic E-state index is 12.6. The molecule has 2 aromatic rings. The highest BCUT2D eigenvalue weighted by Crippen LogP contribution is 2.37. The maximum Gasteiger partial charge on any atom is 0.170 e. The number of ether oxygens (including phenoxy) is 3. The van der Waals surface area contributed by atoms with Gasteiger partial charge in [-0.3, -0.25) is 9.69 Å². The Morgan fingerprint density at radius 3 is 2.62 bits per heavy atom. The Morgan fingerprint density at radius 2 is 1.93 bits per heavy atom. The van der Waals surface area contributed by atoms with Crippen LogP contribution in [-0.2, 0) is 0 Å². The number of ketones is 1. The van der Waals surface area contributed by atoms with Crippen molar-refractivity contribution in [2.45, 2.75) is 38.8 Å². The van der Waals surface area contributed by atoms with Gasteiger partial charge in [0.15, 0.2) is 5.78 Å². The zero-order valence-electron chi connectivity index (χ0n) is 17.4. The van der Waals surface area contributed by atoms with Crippen LogP contribution in [-0.4, -0.2) is 43.5 Å². The molecular weight excluding hydrogens is 366 g/mol. The van der Waals surface area contributed by atoms with Crippen molar-refractivity contribution in [3.63, 3.8) is 0 Å². The molecule has 2 aliphatic heterocycles. The summed E-state index contributed by atoms with van der Waals surface area (Å²) in [6.07, 6.45) is 1.32. The van der Waals surface area contributed by atoms with Crippen LogP contribution in [0.15, 0.2) is 42.5 Å². The van der Waals surface area contributed by atoms with Crippen LogP contribution in [0.25, 0.3) is 0 Å². The summed E-state index contributed by atoms with van der Waals surface area (Å²) in [6.45, 7) is 7.52. The number of hydrogen-bond donors (Lipinski definition) is 0. The van der Waals surface area contributed by atoms with E-state index in [1.807, 2.05) is 30.3 Å². The largest absolute Gasteiger partial charge is 0.497 e. The van der Waals surface area contributed by atoms with E-state index >= 15 is 0 Å². The number of benzene rings is 2. The Morgan fingerprint density at radius 1 is 1.17 bits per heavy atom. The molecule has 5 nitrogen and oxygen atoms in total. The molecule has 2 aliphatic rings. The molecule has 0 aromatic heterocycles. The topological polar surface area (TPSA) is 48.0 Å². The van der Waals surface area contributed by atoms with E-state index < -0.39 is 0 Å². The fourth-order valence-electron chi connectivity index (χ4n) is 4.09. The second kappa shape index (κ2) is 8.46. The third-order valence-corrected chi connectivity index (χ3v) is 5.95. The number of carbonyl (C=O) groups excluding carboxylic acids is 1. The quantitative estimate of drug-likeness (QED) is 0.720. The Bertz CT molecular complexity index is 864. The molecule has 0 bridgehead atoms. The molecule has 29 heavy (non-hydrogen) atoms. The second-order valence-electron chi connectivity index (χ2n) is 8.21. The van der Waals surface area contributed by atoms with E-state index in [1.54, 1.807) is 19.2 Å². The first kappa shape index (κ1) is 19.8. The van der Waals surface area contributed by atoms with E-state index in [0.29, 0.717) is 36.1 Å². The molecule has 3 atom stereocenters. The van der Waals surface area contributed by atoms with Gasteiger partial charge in [-0.05, 0) is 61.7 Å². The molecule has 1 saturated heterocycles. The number of carbonyl (C=O) groups is 1. The fourth-order valence-corrected chi connectivity index (χ4v) is 4.09. The summed E-state index contributed by atoms with van der Waals surface area (Å²) >= 11 is 0. The van der Waals surface area contributed by atoms with Gasteiger partial charge in [-0.15, -0.1) is 0 Å². The van der Waals surface area contributed by atoms with Gasteiger partial charge in [-0.2, -0.15) is 0 Å². The lowest BCUT2D eigenvalue weighted by molar-refractivity contribution is 0.0849. The zero-order chi connectivity index (χ0) is 20.4. The SMILES string of the molecule is COc1ccc2c(c1)C(=O)CC(c1ccc(OC[C@H](C)N3CC[C@@H](C)C3)cc1)O2. The summed E-state index contributed by atoms with van der Waals surface area (Å²) in [6, 6.07) is 13.7. The van der Waals surface area contributed by atoms with E-state index in [-0.39, 0.29) is 11.9 Å². The van der Waals surface area contributed by atoms with Gasteiger partial charge in [0, 0.05) is 12.6 Å². The summed E-state index contributed by atoms with van der Waals surface area (Å²) in [5.74, 6) is 2.98. The molecule has 154 valence electrons. The molecule has 5 heteroatoms. The van der Waals surface area contributed by atoms with Gasteiger partial charge in [0.2, 0.25) is 0 Å². The first-order valence-corrected chi connectivity index (χ1v) is 10.4. The summed E-state index contributed by atoms with van der Waals surface area (Å²) in [7, 11) is 1.59. The third kappa shape index (κ3) is 4.40. The van der Waals surface area contributed by atoms with Gasteiger partial charge < -0.3 is 14.2 Å². The van der Waals surface area contributed by atoms with Crippen molar-refractivity contribution in [1.29, 1.82) is 0 Å². The van der Waals surface area contributed by atoms with Gasteiger partial charge in [-0.25, -0.2) is 0 Å². The standard InChI is InChI=1S/C24H29NO4/c1-16-10-11-25(14-16)17(2)15-28-19-6-4-18(5-7-19)24-13-22(26)21-12-20(27-3)8-9-23(21)29-24/h4-9,12,16-17,24H,10-11,13-15H2,1-3H3/t16-,17+,24?/m1/s1.